The summed E-state index contributed by atoms with van der Waals surface area (Å²) in [6.45, 7) is 2.25. The van der Waals surface area contributed by atoms with Gasteiger partial charge in [-0.25, -0.2) is 0 Å². The first-order chi connectivity index (χ1) is 17.6. The lowest BCUT2D eigenvalue weighted by atomic mass is 9.78. The molecule has 0 unspecified atom stereocenters. The zero-order valence-electron chi connectivity index (χ0n) is 20.7. The van der Waals surface area contributed by atoms with Crippen LogP contribution in [0.15, 0.2) is 72.8 Å². The number of hydrogen-bond donors (Lipinski definition) is 0. The number of hydrogen-bond acceptors (Lipinski definition) is 2. The number of halogens is 5. The van der Waals surface area contributed by atoms with Crippen molar-refractivity contribution in [3.8, 4) is 22.6 Å². The molecule has 198 valence electrons. The van der Waals surface area contributed by atoms with Crippen molar-refractivity contribution < 1.29 is 31.4 Å². The lowest BCUT2D eigenvalue weighted by Gasteiger charge is -2.27. The molecular formula is C30H31F5O2. The number of alkyl halides is 5. The van der Waals surface area contributed by atoms with Gasteiger partial charge in [0.25, 0.3) is 0 Å². The SMILES string of the molecule is CCC1CCC(CCc2ccc(C(F)(F)Oc3ccccc3-c3ccc(OC(F)(F)F)cc3)cc2)CC1. The second kappa shape index (κ2) is 11.5. The van der Waals surface area contributed by atoms with Crippen molar-refractivity contribution in [3.63, 3.8) is 0 Å². The smallest absolute Gasteiger partial charge is 0.428 e. The summed E-state index contributed by atoms with van der Waals surface area (Å²) in [6.07, 6.45) is -0.139. The molecule has 0 aliphatic heterocycles. The number of benzene rings is 3. The molecular weight excluding hydrogens is 487 g/mol. The predicted octanol–water partition coefficient (Wildman–Crippen LogP) is 9.53. The van der Waals surface area contributed by atoms with Gasteiger partial charge in [-0.2, -0.15) is 8.78 Å². The average Bonchev–Trinajstić information content (AvgIpc) is 2.88. The number of para-hydroxylation sites is 1. The normalized spacial score (nSPS) is 18.4. The third-order valence-corrected chi connectivity index (χ3v) is 7.20. The monoisotopic (exact) mass is 518 g/mol. The molecule has 0 atom stereocenters. The molecule has 0 heterocycles. The molecule has 1 aliphatic carbocycles. The van der Waals surface area contributed by atoms with E-state index < -0.39 is 18.2 Å². The topological polar surface area (TPSA) is 18.5 Å². The first kappa shape index (κ1) is 27.0. The van der Waals surface area contributed by atoms with Crippen LogP contribution >= 0.6 is 0 Å². The van der Waals surface area contributed by atoms with Gasteiger partial charge in [0.05, 0.1) is 5.56 Å². The van der Waals surface area contributed by atoms with Gasteiger partial charge in [-0.1, -0.05) is 81.5 Å². The molecule has 1 fully saturated rings. The molecule has 0 spiro atoms. The zero-order valence-corrected chi connectivity index (χ0v) is 20.7. The van der Waals surface area contributed by atoms with Gasteiger partial charge in [0, 0.05) is 5.56 Å². The van der Waals surface area contributed by atoms with Crippen molar-refractivity contribution in [3.05, 3.63) is 83.9 Å². The number of rotatable bonds is 9. The molecule has 0 N–H and O–H groups in total. The third kappa shape index (κ3) is 7.46. The molecule has 1 aliphatic rings. The molecule has 0 saturated heterocycles. The molecule has 0 aromatic heterocycles. The Morgan fingerprint density at radius 1 is 0.730 bits per heavy atom. The molecule has 3 aromatic rings. The van der Waals surface area contributed by atoms with E-state index >= 15 is 8.78 Å². The maximum atomic E-state index is 15.1. The Labute approximate surface area is 214 Å². The number of ether oxygens (including phenoxy) is 2. The maximum Gasteiger partial charge on any atom is 0.573 e. The highest BCUT2D eigenvalue weighted by Gasteiger charge is 2.35. The van der Waals surface area contributed by atoms with Gasteiger partial charge in [-0.3, -0.25) is 0 Å². The highest BCUT2D eigenvalue weighted by Crippen LogP contribution is 2.38. The minimum atomic E-state index is -4.81. The summed E-state index contributed by atoms with van der Waals surface area (Å²) >= 11 is 0. The minimum Gasteiger partial charge on any atom is -0.428 e. The minimum absolute atomic E-state index is 0.0799. The van der Waals surface area contributed by atoms with Crippen molar-refractivity contribution in [2.75, 3.05) is 0 Å². The van der Waals surface area contributed by atoms with E-state index in [1.165, 1.54) is 62.4 Å². The van der Waals surface area contributed by atoms with Gasteiger partial charge >= 0.3 is 12.5 Å². The van der Waals surface area contributed by atoms with E-state index in [4.69, 9.17) is 4.74 Å². The summed E-state index contributed by atoms with van der Waals surface area (Å²) in [5.74, 6) is 1.08. The van der Waals surface area contributed by atoms with Crippen LogP contribution in [0.1, 0.15) is 56.6 Å². The Bertz CT molecular complexity index is 1130. The van der Waals surface area contributed by atoms with Crippen molar-refractivity contribution in [2.24, 2.45) is 11.8 Å². The van der Waals surface area contributed by atoms with Crippen LogP contribution in [-0.4, -0.2) is 6.36 Å². The van der Waals surface area contributed by atoms with Crippen molar-refractivity contribution in [1.29, 1.82) is 0 Å². The van der Waals surface area contributed by atoms with E-state index in [-0.39, 0.29) is 11.3 Å². The third-order valence-electron chi connectivity index (χ3n) is 7.20. The quantitative estimate of drug-likeness (QED) is 0.263. The highest BCUT2D eigenvalue weighted by molar-refractivity contribution is 5.71. The van der Waals surface area contributed by atoms with Gasteiger partial charge in [-0.05, 0) is 66.1 Å². The van der Waals surface area contributed by atoms with Gasteiger partial charge in [0.2, 0.25) is 0 Å². The van der Waals surface area contributed by atoms with E-state index in [2.05, 4.69) is 11.7 Å². The van der Waals surface area contributed by atoms with Crippen LogP contribution in [0.3, 0.4) is 0 Å². The fraction of sp³-hybridized carbons (Fsp3) is 0.400. The molecule has 4 rings (SSSR count). The van der Waals surface area contributed by atoms with Crippen molar-refractivity contribution in [2.45, 2.75) is 64.3 Å². The lowest BCUT2D eigenvalue weighted by molar-refractivity contribution is -0.274. The summed E-state index contributed by atoms with van der Waals surface area (Å²) in [7, 11) is 0. The average molecular weight is 519 g/mol. The van der Waals surface area contributed by atoms with Crippen LogP contribution in [-0.2, 0) is 12.5 Å². The van der Waals surface area contributed by atoms with E-state index in [9.17, 15) is 13.2 Å². The largest absolute Gasteiger partial charge is 0.573 e. The first-order valence-electron chi connectivity index (χ1n) is 12.7. The van der Waals surface area contributed by atoms with Crippen LogP contribution in [0.2, 0.25) is 0 Å². The highest BCUT2D eigenvalue weighted by atomic mass is 19.4. The summed E-state index contributed by atoms with van der Waals surface area (Å²) in [4.78, 5) is 0. The second-order valence-corrected chi connectivity index (χ2v) is 9.72. The fourth-order valence-corrected chi connectivity index (χ4v) is 4.99. The molecule has 0 bridgehead atoms. The fourth-order valence-electron chi connectivity index (χ4n) is 4.99. The molecule has 37 heavy (non-hydrogen) atoms. The Morgan fingerprint density at radius 2 is 1.35 bits per heavy atom. The summed E-state index contributed by atoms with van der Waals surface area (Å²) < 4.78 is 76.5. The summed E-state index contributed by atoms with van der Waals surface area (Å²) in [5, 5.41) is 0. The Kier molecular flexibility index (Phi) is 8.40. The lowest BCUT2D eigenvalue weighted by Crippen LogP contribution is -2.22. The second-order valence-electron chi connectivity index (χ2n) is 9.72. The molecule has 0 radical (unpaired) electrons. The van der Waals surface area contributed by atoms with Crippen molar-refractivity contribution >= 4 is 0 Å². The van der Waals surface area contributed by atoms with Gasteiger partial charge in [0.15, 0.2) is 0 Å². The van der Waals surface area contributed by atoms with E-state index in [1.807, 2.05) is 0 Å². The summed E-state index contributed by atoms with van der Waals surface area (Å²) in [5.41, 5.74) is 1.52. The maximum absolute atomic E-state index is 15.1. The van der Waals surface area contributed by atoms with E-state index in [1.54, 1.807) is 30.3 Å². The molecule has 1 saturated carbocycles. The van der Waals surface area contributed by atoms with Crippen LogP contribution < -0.4 is 9.47 Å². The van der Waals surface area contributed by atoms with Crippen molar-refractivity contribution in [1.82, 2.24) is 0 Å². The van der Waals surface area contributed by atoms with Crippen LogP contribution in [0.5, 0.6) is 11.5 Å². The Hall–Kier alpha value is -3.09. The molecule has 0 amide bonds. The van der Waals surface area contributed by atoms with E-state index in [0.29, 0.717) is 17.0 Å². The Balaban J connectivity index is 1.41. The molecule has 3 aromatic carbocycles. The zero-order chi connectivity index (χ0) is 26.5. The molecule has 2 nitrogen and oxygen atoms in total. The van der Waals surface area contributed by atoms with E-state index in [0.717, 1.165) is 36.5 Å². The standard InChI is InChI=1S/C30H31F5O2/c1-2-21-7-9-22(10-8-21)11-12-23-13-17-25(18-14-23)29(31,32)37-28-6-4-3-5-27(28)24-15-19-26(20-16-24)36-30(33,34)35/h3-6,13-22H,2,7-12H2,1H3. The van der Waals surface area contributed by atoms with Gasteiger partial charge in [0.1, 0.15) is 11.5 Å². The van der Waals surface area contributed by atoms with Crippen LogP contribution in [0, 0.1) is 11.8 Å². The van der Waals surface area contributed by atoms with Gasteiger partial charge < -0.3 is 9.47 Å². The first-order valence-corrected chi connectivity index (χ1v) is 12.7. The predicted molar refractivity (Wildman–Crippen MR) is 134 cm³/mol. The number of aryl methyl sites for hydroxylation is 1. The molecule has 7 heteroatoms. The van der Waals surface area contributed by atoms with Crippen LogP contribution in [0.4, 0.5) is 22.0 Å². The summed E-state index contributed by atoms with van der Waals surface area (Å²) in [6, 6.07) is 17.4. The Morgan fingerprint density at radius 3 is 1.97 bits per heavy atom. The van der Waals surface area contributed by atoms with Crippen LogP contribution in [0.25, 0.3) is 11.1 Å². The van der Waals surface area contributed by atoms with Gasteiger partial charge in [-0.15, -0.1) is 13.2 Å².